The Hall–Kier alpha value is -2.68. The molecule has 1 fully saturated rings. The third kappa shape index (κ3) is 3.54. The van der Waals surface area contributed by atoms with Crippen molar-refractivity contribution in [3.63, 3.8) is 0 Å². The van der Waals surface area contributed by atoms with Crippen LogP contribution in [0.5, 0.6) is 11.6 Å². The molecule has 0 amide bonds. The van der Waals surface area contributed by atoms with Crippen molar-refractivity contribution in [1.29, 1.82) is 0 Å². The molecule has 9 heteroatoms. The molecule has 1 saturated carbocycles. The smallest absolute Gasteiger partial charge is 0.265 e. The van der Waals surface area contributed by atoms with Crippen molar-refractivity contribution in [1.82, 2.24) is 4.98 Å². The zero-order valence-electron chi connectivity index (χ0n) is 15.2. The number of ketones is 1. The summed E-state index contributed by atoms with van der Waals surface area (Å²) in [5.74, 6) is -0.590. The fourth-order valence-electron chi connectivity index (χ4n) is 3.21. The van der Waals surface area contributed by atoms with E-state index in [0.29, 0.717) is 13.0 Å². The second-order valence-electron chi connectivity index (χ2n) is 7.09. The number of pyridine rings is 1. The van der Waals surface area contributed by atoms with Gasteiger partial charge in [0.2, 0.25) is 5.88 Å². The third-order valence-electron chi connectivity index (χ3n) is 4.91. The Labute approximate surface area is 161 Å². The topological polar surface area (TPSA) is 94.6 Å². The molecule has 1 spiro atoms. The lowest BCUT2D eigenvalue weighted by Crippen LogP contribution is -2.15. The number of benzene rings is 1. The maximum absolute atomic E-state index is 13.6. The van der Waals surface area contributed by atoms with Crippen molar-refractivity contribution >= 4 is 21.5 Å². The Kier molecular flexibility index (Phi) is 4.49. The van der Waals surface area contributed by atoms with Gasteiger partial charge in [0.1, 0.15) is 16.5 Å². The van der Waals surface area contributed by atoms with Gasteiger partial charge in [-0.15, -0.1) is 0 Å². The van der Waals surface area contributed by atoms with E-state index in [1.807, 2.05) is 0 Å². The van der Waals surface area contributed by atoms with Crippen LogP contribution in [0.1, 0.15) is 36.5 Å². The van der Waals surface area contributed by atoms with Gasteiger partial charge < -0.3 is 9.47 Å². The largest absolute Gasteiger partial charge is 0.492 e. The number of aromatic nitrogens is 1. The van der Waals surface area contributed by atoms with E-state index >= 15 is 0 Å². The average Bonchev–Trinajstić information content (AvgIpc) is 3.43. The van der Waals surface area contributed by atoms with Gasteiger partial charge in [0.15, 0.2) is 5.78 Å². The summed E-state index contributed by atoms with van der Waals surface area (Å²) in [6.45, 7) is 2.36. The van der Waals surface area contributed by atoms with Crippen molar-refractivity contribution < 1.29 is 27.1 Å². The monoisotopic (exact) mass is 406 g/mol. The maximum atomic E-state index is 13.6. The summed E-state index contributed by atoms with van der Waals surface area (Å²) in [4.78, 5) is 16.3. The summed E-state index contributed by atoms with van der Waals surface area (Å²) in [6, 6.07) is 4.67. The van der Waals surface area contributed by atoms with Crippen LogP contribution in [-0.4, -0.2) is 32.4 Å². The molecule has 4 rings (SSSR count). The van der Waals surface area contributed by atoms with Gasteiger partial charge in [0, 0.05) is 11.8 Å². The lowest BCUT2D eigenvalue weighted by molar-refractivity contribution is 0.0954. The van der Waals surface area contributed by atoms with Crippen LogP contribution in [0.4, 0.5) is 10.1 Å². The molecule has 1 aliphatic carbocycles. The van der Waals surface area contributed by atoms with E-state index in [0.717, 1.165) is 25.0 Å². The van der Waals surface area contributed by atoms with Crippen molar-refractivity contribution in [2.24, 2.45) is 5.41 Å². The summed E-state index contributed by atoms with van der Waals surface area (Å²) in [5, 5.41) is 0. The number of ether oxygens (including phenoxy) is 2. The number of carbonyl (C=O) groups excluding carboxylic acids is 1. The van der Waals surface area contributed by atoms with Crippen molar-refractivity contribution in [2.45, 2.75) is 31.1 Å². The first-order valence-corrected chi connectivity index (χ1v) is 10.4. The van der Waals surface area contributed by atoms with Crippen molar-refractivity contribution in [3.05, 3.63) is 41.8 Å². The van der Waals surface area contributed by atoms with Gasteiger partial charge in [0.05, 0.1) is 30.7 Å². The van der Waals surface area contributed by atoms with Crippen molar-refractivity contribution in [3.8, 4) is 11.6 Å². The Morgan fingerprint density at radius 3 is 2.82 bits per heavy atom. The molecule has 1 aromatic carbocycles. The molecule has 0 radical (unpaired) electrons. The van der Waals surface area contributed by atoms with Gasteiger partial charge in [0.25, 0.3) is 10.0 Å². The van der Waals surface area contributed by atoms with Crippen LogP contribution in [0.25, 0.3) is 0 Å². The highest BCUT2D eigenvalue weighted by Crippen LogP contribution is 2.51. The van der Waals surface area contributed by atoms with E-state index in [2.05, 4.69) is 9.71 Å². The van der Waals surface area contributed by atoms with E-state index in [9.17, 15) is 17.6 Å². The first-order chi connectivity index (χ1) is 13.3. The number of fused-ring (bicyclic) bond motifs is 1. The second kappa shape index (κ2) is 6.73. The number of rotatable bonds is 5. The normalized spacial score (nSPS) is 17.4. The second-order valence-corrected chi connectivity index (χ2v) is 8.75. The zero-order chi connectivity index (χ0) is 19.9. The molecule has 1 aliphatic heterocycles. The Morgan fingerprint density at radius 2 is 2.11 bits per heavy atom. The fraction of sp³-hybridized carbons (Fsp3) is 0.368. The van der Waals surface area contributed by atoms with Crippen molar-refractivity contribution in [2.75, 3.05) is 17.9 Å². The molecular weight excluding hydrogens is 387 g/mol. The summed E-state index contributed by atoms with van der Waals surface area (Å²) >= 11 is 0. The number of carbonyl (C=O) groups is 1. The quantitative estimate of drug-likeness (QED) is 0.820. The summed E-state index contributed by atoms with van der Waals surface area (Å²) in [7, 11) is -4.16. The molecule has 0 saturated heterocycles. The number of halogens is 1. The fourth-order valence-corrected chi connectivity index (χ4v) is 4.40. The third-order valence-corrected chi connectivity index (χ3v) is 6.31. The lowest BCUT2D eigenvalue weighted by atomic mass is 9.98. The van der Waals surface area contributed by atoms with Crippen LogP contribution in [0, 0.1) is 11.2 Å². The van der Waals surface area contributed by atoms with Crippen LogP contribution in [0.2, 0.25) is 0 Å². The molecule has 1 aromatic heterocycles. The number of Topliss-reactive ketones (excluding diaryl/α,β-unsaturated/α-hetero) is 1. The van der Waals surface area contributed by atoms with Crippen LogP contribution in [0.15, 0.2) is 35.4 Å². The van der Waals surface area contributed by atoms with E-state index in [4.69, 9.17) is 9.47 Å². The number of sulfonamides is 1. The van der Waals surface area contributed by atoms with Crippen LogP contribution >= 0.6 is 0 Å². The molecule has 1 N–H and O–H groups in total. The number of nitrogens with zero attached hydrogens (tertiary/aromatic N) is 1. The SMILES string of the molecule is CCOc1ccc(F)cc1S(=O)(=O)Nc1cnc2c(c1)C(=O)CC1(CC1)CO2. The summed E-state index contributed by atoms with van der Waals surface area (Å²) in [5.41, 5.74) is 0.230. The number of hydrogen-bond acceptors (Lipinski definition) is 6. The summed E-state index contributed by atoms with van der Waals surface area (Å²) < 4.78 is 52.5. The van der Waals surface area contributed by atoms with Gasteiger partial charge in [-0.3, -0.25) is 9.52 Å². The molecule has 0 bridgehead atoms. The van der Waals surface area contributed by atoms with Crippen LogP contribution in [-0.2, 0) is 10.0 Å². The highest BCUT2D eigenvalue weighted by molar-refractivity contribution is 7.92. The van der Waals surface area contributed by atoms with E-state index < -0.39 is 15.8 Å². The molecule has 2 aromatic rings. The standard InChI is InChI=1S/C19H19FN2O5S/c1-2-26-16-4-3-12(20)7-17(16)28(24,25)22-13-8-14-15(23)9-19(5-6-19)11-27-18(14)21-10-13/h3-4,7-8,10,22H,2,5-6,9,11H2,1H3. The molecule has 2 aliphatic rings. The highest BCUT2D eigenvalue weighted by atomic mass is 32.2. The number of hydrogen-bond donors (Lipinski definition) is 1. The number of nitrogens with one attached hydrogen (secondary N) is 1. The zero-order valence-corrected chi connectivity index (χ0v) is 16.0. The first-order valence-electron chi connectivity index (χ1n) is 8.93. The average molecular weight is 406 g/mol. The predicted molar refractivity (Wildman–Crippen MR) is 98.7 cm³/mol. The minimum Gasteiger partial charge on any atom is -0.492 e. The molecule has 0 atom stereocenters. The lowest BCUT2D eigenvalue weighted by Gasteiger charge is -2.13. The van der Waals surface area contributed by atoms with E-state index in [-0.39, 0.29) is 45.6 Å². The van der Waals surface area contributed by atoms with Gasteiger partial charge in [-0.25, -0.2) is 17.8 Å². The predicted octanol–water partition coefficient (Wildman–Crippen LogP) is 3.17. The van der Waals surface area contributed by atoms with Gasteiger partial charge in [-0.05, 0) is 44.0 Å². The van der Waals surface area contributed by atoms with Crippen LogP contribution in [0.3, 0.4) is 0 Å². The highest BCUT2D eigenvalue weighted by Gasteiger charge is 2.47. The molecular formula is C19H19FN2O5S. The van der Waals surface area contributed by atoms with Gasteiger partial charge >= 0.3 is 0 Å². The van der Waals surface area contributed by atoms with Crippen LogP contribution < -0.4 is 14.2 Å². The molecule has 28 heavy (non-hydrogen) atoms. The molecule has 0 unspecified atom stereocenters. The maximum Gasteiger partial charge on any atom is 0.265 e. The summed E-state index contributed by atoms with van der Waals surface area (Å²) in [6.07, 6.45) is 3.50. The van der Waals surface area contributed by atoms with Gasteiger partial charge in [-0.2, -0.15) is 0 Å². The van der Waals surface area contributed by atoms with E-state index in [1.54, 1.807) is 6.92 Å². The molecule has 148 valence electrons. The number of anilines is 1. The van der Waals surface area contributed by atoms with Gasteiger partial charge in [-0.1, -0.05) is 0 Å². The Balaban J connectivity index is 1.65. The molecule has 2 heterocycles. The minimum atomic E-state index is -4.16. The molecule has 7 nitrogen and oxygen atoms in total. The Bertz CT molecular complexity index is 1050. The minimum absolute atomic E-state index is 0.0363. The van der Waals surface area contributed by atoms with E-state index in [1.165, 1.54) is 18.3 Å². The first kappa shape index (κ1) is 18.7. The Morgan fingerprint density at radius 1 is 1.32 bits per heavy atom.